The third kappa shape index (κ3) is 4.72. The molecule has 0 radical (unpaired) electrons. The average molecular weight is 380 g/mol. The van der Waals surface area contributed by atoms with Gasteiger partial charge in [-0.05, 0) is 48.9 Å². The molecule has 2 amide bonds. The van der Waals surface area contributed by atoms with E-state index in [4.69, 9.17) is 16.6 Å². The molecule has 1 aliphatic carbocycles. The lowest BCUT2D eigenvalue weighted by molar-refractivity contribution is 0.183. The molecule has 6 N–H and O–H groups in total. The number of urea groups is 1. The van der Waals surface area contributed by atoms with Crippen LogP contribution in [0.1, 0.15) is 31.2 Å². The molecule has 3 aromatic heterocycles. The molecule has 1 aliphatic rings. The number of primary amides is 1. The molecule has 8 nitrogen and oxygen atoms in total. The van der Waals surface area contributed by atoms with Gasteiger partial charge in [-0.25, -0.2) is 14.8 Å². The summed E-state index contributed by atoms with van der Waals surface area (Å²) in [6.07, 6.45) is 9.63. The normalized spacial score (nSPS) is 13.8. The summed E-state index contributed by atoms with van der Waals surface area (Å²) in [6, 6.07) is 4.82. The van der Waals surface area contributed by atoms with Crippen LogP contribution in [0.4, 0.5) is 16.4 Å². The number of aliphatic hydroxyl groups excluding tert-OH is 1. The van der Waals surface area contributed by atoms with Gasteiger partial charge in [0.15, 0.2) is 0 Å². The molecule has 8 heteroatoms. The SMILES string of the molecule is Cc1ccncc1-c1cc2cc(NC(N)=O)ncc2c(N)n1.OC1CCCC1. The Morgan fingerprint density at radius 2 is 2.00 bits per heavy atom. The maximum absolute atomic E-state index is 10.9. The quantitative estimate of drug-likeness (QED) is 0.539. The number of carbonyl (C=O) groups excluding carboxylic acids is 1. The summed E-state index contributed by atoms with van der Waals surface area (Å²) in [5.41, 5.74) is 13.8. The fraction of sp³-hybridized carbons (Fsp3) is 0.300. The van der Waals surface area contributed by atoms with Crippen LogP contribution in [0.25, 0.3) is 22.0 Å². The van der Waals surface area contributed by atoms with Crippen molar-refractivity contribution in [2.75, 3.05) is 11.1 Å². The summed E-state index contributed by atoms with van der Waals surface area (Å²) >= 11 is 0. The summed E-state index contributed by atoms with van der Waals surface area (Å²) in [7, 11) is 0. The van der Waals surface area contributed by atoms with E-state index in [1.165, 1.54) is 12.8 Å². The van der Waals surface area contributed by atoms with Gasteiger partial charge < -0.3 is 16.6 Å². The van der Waals surface area contributed by atoms with Crippen LogP contribution < -0.4 is 16.8 Å². The predicted molar refractivity (Wildman–Crippen MR) is 110 cm³/mol. The minimum absolute atomic E-state index is 0.0463. The van der Waals surface area contributed by atoms with E-state index in [9.17, 15) is 4.79 Å². The third-order valence-corrected chi connectivity index (χ3v) is 4.64. The van der Waals surface area contributed by atoms with Crippen LogP contribution in [0.5, 0.6) is 0 Å². The number of aromatic nitrogens is 3. The largest absolute Gasteiger partial charge is 0.393 e. The lowest BCUT2D eigenvalue weighted by Gasteiger charge is -2.09. The van der Waals surface area contributed by atoms with E-state index in [0.29, 0.717) is 22.7 Å². The van der Waals surface area contributed by atoms with Crippen LogP contribution in [0, 0.1) is 6.92 Å². The third-order valence-electron chi connectivity index (χ3n) is 4.64. The van der Waals surface area contributed by atoms with Crippen molar-refractivity contribution in [1.29, 1.82) is 0 Å². The number of nitrogens with zero attached hydrogens (tertiary/aromatic N) is 3. The summed E-state index contributed by atoms with van der Waals surface area (Å²) in [5.74, 6) is 0.730. The molecule has 1 fully saturated rings. The number of nitrogen functional groups attached to an aromatic ring is 1. The van der Waals surface area contributed by atoms with Crippen molar-refractivity contribution in [3.8, 4) is 11.3 Å². The zero-order valence-corrected chi connectivity index (χ0v) is 15.7. The number of amides is 2. The van der Waals surface area contributed by atoms with Crippen molar-refractivity contribution in [2.45, 2.75) is 38.7 Å². The Hall–Kier alpha value is -3.26. The molecule has 3 aromatic rings. The van der Waals surface area contributed by atoms with Crippen LogP contribution in [-0.4, -0.2) is 32.2 Å². The highest BCUT2D eigenvalue weighted by molar-refractivity contribution is 5.96. The number of rotatable bonds is 2. The summed E-state index contributed by atoms with van der Waals surface area (Å²) in [4.78, 5) is 23.5. The van der Waals surface area contributed by atoms with Gasteiger partial charge in [-0.1, -0.05) is 12.8 Å². The first-order chi connectivity index (χ1) is 13.4. The van der Waals surface area contributed by atoms with Crippen LogP contribution in [0.3, 0.4) is 0 Å². The Labute approximate surface area is 163 Å². The van der Waals surface area contributed by atoms with Crippen molar-refractivity contribution in [1.82, 2.24) is 15.0 Å². The topological polar surface area (TPSA) is 140 Å². The molecule has 0 spiro atoms. The first-order valence-electron chi connectivity index (χ1n) is 9.16. The van der Waals surface area contributed by atoms with E-state index in [1.807, 2.05) is 19.1 Å². The molecule has 3 heterocycles. The van der Waals surface area contributed by atoms with Crippen LogP contribution in [0.2, 0.25) is 0 Å². The highest BCUT2D eigenvalue weighted by Gasteiger charge is 2.10. The average Bonchev–Trinajstić information content (AvgIpc) is 3.13. The smallest absolute Gasteiger partial charge is 0.317 e. The minimum atomic E-state index is -0.669. The molecule has 0 saturated heterocycles. The number of hydrogen-bond donors (Lipinski definition) is 4. The molecule has 28 heavy (non-hydrogen) atoms. The number of anilines is 2. The first kappa shape index (κ1) is 19.5. The second-order valence-corrected chi connectivity index (χ2v) is 6.80. The number of aryl methyl sites for hydroxylation is 1. The Bertz CT molecular complexity index is 986. The van der Waals surface area contributed by atoms with E-state index >= 15 is 0 Å². The molecule has 0 unspecified atom stereocenters. The number of hydrogen-bond acceptors (Lipinski definition) is 6. The van der Waals surface area contributed by atoms with E-state index in [1.54, 1.807) is 24.7 Å². The number of pyridine rings is 3. The lowest BCUT2D eigenvalue weighted by Crippen LogP contribution is -2.19. The maximum Gasteiger partial charge on any atom is 0.317 e. The maximum atomic E-state index is 10.9. The molecular formula is C20H24N6O2. The van der Waals surface area contributed by atoms with Gasteiger partial charge in [-0.3, -0.25) is 10.3 Å². The second kappa shape index (κ2) is 8.62. The predicted octanol–water partition coefficient (Wildman–Crippen LogP) is 2.99. The van der Waals surface area contributed by atoms with Gasteiger partial charge in [0.2, 0.25) is 0 Å². The number of nitrogens with two attached hydrogens (primary N) is 2. The molecule has 4 rings (SSSR count). The van der Waals surface area contributed by atoms with Gasteiger partial charge >= 0.3 is 6.03 Å². The molecule has 0 aliphatic heterocycles. The van der Waals surface area contributed by atoms with Crippen LogP contribution in [0.15, 0.2) is 36.8 Å². The summed E-state index contributed by atoms with van der Waals surface area (Å²) in [6.45, 7) is 1.98. The van der Waals surface area contributed by atoms with Gasteiger partial charge in [0.05, 0.1) is 11.8 Å². The van der Waals surface area contributed by atoms with E-state index in [2.05, 4.69) is 20.3 Å². The molecular weight excluding hydrogens is 356 g/mol. The lowest BCUT2D eigenvalue weighted by atomic mass is 10.1. The Kier molecular flexibility index (Phi) is 6.00. The van der Waals surface area contributed by atoms with Crippen LogP contribution in [-0.2, 0) is 0 Å². The van der Waals surface area contributed by atoms with E-state index in [-0.39, 0.29) is 6.10 Å². The molecule has 0 aromatic carbocycles. The van der Waals surface area contributed by atoms with Crippen LogP contribution >= 0.6 is 0 Å². The number of nitrogens with one attached hydrogen (secondary N) is 1. The van der Waals surface area contributed by atoms with Crippen molar-refractivity contribution < 1.29 is 9.90 Å². The minimum Gasteiger partial charge on any atom is -0.393 e. The fourth-order valence-electron chi connectivity index (χ4n) is 3.14. The zero-order chi connectivity index (χ0) is 20.1. The highest BCUT2D eigenvalue weighted by Crippen LogP contribution is 2.28. The molecule has 146 valence electrons. The monoisotopic (exact) mass is 380 g/mol. The fourth-order valence-corrected chi connectivity index (χ4v) is 3.14. The molecule has 0 atom stereocenters. The van der Waals surface area contributed by atoms with Crippen molar-refractivity contribution in [3.05, 3.63) is 42.4 Å². The second-order valence-electron chi connectivity index (χ2n) is 6.80. The molecule has 1 saturated carbocycles. The van der Waals surface area contributed by atoms with Gasteiger partial charge in [0.1, 0.15) is 11.6 Å². The van der Waals surface area contributed by atoms with Crippen molar-refractivity contribution >= 4 is 28.4 Å². The first-order valence-corrected chi connectivity index (χ1v) is 9.16. The van der Waals surface area contributed by atoms with Crippen molar-refractivity contribution in [3.63, 3.8) is 0 Å². The Balaban J connectivity index is 0.000000320. The Morgan fingerprint density at radius 3 is 2.61 bits per heavy atom. The van der Waals surface area contributed by atoms with E-state index in [0.717, 1.165) is 29.4 Å². The van der Waals surface area contributed by atoms with Crippen molar-refractivity contribution in [2.24, 2.45) is 5.73 Å². The number of carbonyl (C=O) groups is 1. The van der Waals surface area contributed by atoms with Gasteiger partial charge in [0, 0.05) is 29.5 Å². The zero-order valence-electron chi connectivity index (χ0n) is 15.7. The van der Waals surface area contributed by atoms with E-state index < -0.39 is 6.03 Å². The Morgan fingerprint density at radius 1 is 1.25 bits per heavy atom. The summed E-state index contributed by atoms with van der Waals surface area (Å²) in [5, 5.41) is 12.7. The standard InChI is InChI=1S/C15H14N6O.C5H10O/c1-8-2-3-18-6-10(8)12-4-9-5-13(21-15(17)22)19-7-11(9)14(16)20-12;6-5-3-1-2-4-5/h2-7H,1H3,(H2,16,20)(H3,17,19,21,22);5-6H,1-4H2. The summed E-state index contributed by atoms with van der Waals surface area (Å²) < 4.78 is 0. The van der Waals surface area contributed by atoms with Gasteiger partial charge in [-0.15, -0.1) is 0 Å². The van der Waals surface area contributed by atoms with Gasteiger partial charge in [-0.2, -0.15) is 0 Å². The number of aliphatic hydroxyl groups is 1. The number of fused-ring (bicyclic) bond motifs is 1. The van der Waals surface area contributed by atoms with Gasteiger partial charge in [0.25, 0.3) is 0 Å². The highest BCUT2D eigenvalue weighted by atomic mass is 16.3. The molecule has 0 bridgehead atoms.